The van der Waals surface area contributed by atoms with Crippen molar-refractivity contribution in [1.82, 2.24) is 0 Å². The molecule has 1 atom stereocenters. The normalized spacial score (nSPS) is 14.8. The van der Waals surface area contributed by atoms with Gasteiger partial charge in [0.15, 0.2) is 11.6 Å². The number of benzene rings is 3. The number of hydrogen-bond acceptors (Lipinski definition) is 4. The second-order valence-corrected chi connectivity index (χ2v) is 9.46. The van der Waals surface area contributed by atoms with Crippen molar-refractivity contribution >= 4 is 15.7 Å². The smallest absolute Gasteiger partial charge is 0.416 e. The number of nitrogens with zero attached hydrogens (tertiary/aromatic N) is 1. The van der Waals surface area contributed by atoms with Gasteiger partial charge in [0, 0.05) is 13.0 Å². The highest BCUT2D eigenvalue weighted by Crippen LogP contribution is 2.42. The van der Waals surface area contributed by atoms with Crippen molar-refractivity contribution in [2.24, 2.45) is 0 Å². The van der Waals surface area contributed by atoms with Crippen LogP contribution in [0.4, 0.5) is 32.0 Å². The lowest BCUT2D eigenvalue weighted by molar-refractivity contribution is -0.137. The Labute approximate surface area is 196 Å². The molecular weight excluding hydrogens is 500 g/mol. The van der Waals surface area contributed by atoms with Crippen LogP contribution in [-0.4, -0.2) is 27.9 Å². The standard InChI is InChI=1S/C23H17F6NO4S/c1-13(24)34-18-8-14(7-17(25)12-18)15-9-20(26)22-21(10-15)30(5-6-33-22)35(31,32)19-4-2-3-16(11-19)23(27,28)29/h2-4,7-13H,5-6H2,1H3. The van der Waals surface area contributed by atoms with Crippen molar-refractivity contribution in [2.75, 3.05) is 17.5 Å². The van der Waals surface area contributed by atoms with Crippen LogP contribution in [-0.2, 0) is 16.2 Å². The summed E-state index contributed by atoms with van der Waals surface area (Å²) in [6.07, 6.45) is -6.53. The van der Waals surface area contributed by atoms with E-state index in [4.69, 9.17) is 9.47 Å². The molecule has 1 aliphatic rings. The van der Waals surface area contributed by atoms with Crippen LogP contribution in [0.25, 0.3) is 11.1 Å². The number of ether oxygens (including phenoxy) is 2. The Kier molecular flexibility index (Phi) is 6.34. The van der Waals surface area contributed by atoms with E-state index in [-0.39, 0.29) is 35.7 Å². The van der Waals surface area contributed by atoms with Crippen molar-refractivity contribution in [3.8, 4) is 22.6 Å². The highest BCUT2D eigenvalue weighted by molar-refractivity contribution is 7.92. The third-order valence-electron chi connectivity index (χ3n) is 5.09. The van der Waals surface area contributed by atoms with Gasteiger partial charge in [0.1, 0.15) is 18.2 Å². The van der Waals surface area contributed by atoms with Crippen molar-refractivity contribution in [2.45, 2.75) is 24.4 Å². The average molecular weight is 517 g/mol. The molecule has 0 saturated carbocycles. The van der Waals surface area contributed by atoms with Crippen molar-refractivity contribution < 1.29 is 44.2 Å². The van der Waals surface area contributed by atoms with Crippen LogP contribution in [0.15, 0.2) is 59.5 Å². The monoisotopic (exact) mass is 517 g/mol. The Balaban J connectivity index is 1.82. The quantitative estimate of drug-likeness (QED) is 0.394. The molecule has 0 N–H and O–H groups in total. The summed E-state index contributed by atoms with van der Waals surface area (Å²) in [7, 11) is -4.57. The molecule has 0 fully saturated rings. The number of anilines is 1. The number of fused-ring (bicyclic) bond motifs is 1. The molecule has 0 aromatic heterocycles. The molecule has 0 aliphatic carbocycles. The topological polar surface area (TPSA) is 55.8 Å². The minimum absolute atomic E-state index is 0.00635. The van der Waals surface area contributed by atoms with Gasteiger partial charge in [-0.15, -0.1) is 0 Å². The van der Waals surface area contributed by atoms with E-state index in [9.17, 15) is 34.8 Å². The SMILES string of the molecule is CC(F)Oc1cc(F)cc(-c2cc(F)c3c(c2)N(S(=O)(=O)c2cccc(C(F)(F)F)c2)CCO3)c1. The van der Waals surface area contributed by atoms with Gasteiger partial charge in [0.05, 0.1) is 22.7 Å². The fraction of sp³-hybridized carbons (Fsp3) is 0.217. The highest BCUT2D eigenvalue weighted by atomic mass is 32.2. The first-order chi connectivity index (χ1) is 16.4. The molecule has 0 saturated heterocycles. The molecule has 4 rings (SSSR count). The van der Waals surface area contributed by atoms with Gasteiger partial charge in [0.25, 0.3) is 10.0 Å². The van der Waals surface area contributed by atoms with Crippen LogP contribution < -0.4 is 13.8 Å². The van der Waals surface area contributed by atoms with E-state index in [0.29, 0.717) is 6.07 Å². The molecule has 1 aliphatic heterocycles. The highest BCUT2D eigenvalue weighted by Gasteiger charge is 2.35. The fourth-order valence-corrected chi connectivity index (χ4v) is 5.11. The van der Waals surface area contributed by atoms with E-state index in [1.165, 1.54) is 12.1 Å². The van der Waals surface area contributed by atoms with Crippen LogP contribution in [0.5, 0.6) is 11.5 Å². The maximum atomic E-state index is 14.9. The molecule has 5 nitrogen and oxygen atoms in total. The summed E-state index contributed by atoms with van der Waals surface area (Å²) in [5, 5.41) is 0. The van der Waals surface area contributed by atoms with Crippen molar-refractivity contribution in [1.29, 1.82) is 0 Å². The molecule has 0 spiro atoms. The zero-order valence-corrected chi connectivity index (χ0v) is 18.8. The Bertz CT molecular complexity index is 1370. The van der Waals surface area contributed by atoms with Crippen molar-refractivity contribution in [3.63, 3.8) is 0 Å². The van der Waals surface area contributed by atoms with Gasteiger partial charge in [-0.05, 0) is 53.6 Å². The molecule has 0 radical (unpaired) electrons. The Morgan fingerprint density at radius 1 is 1.03 bits per heavy atom. The van der Waals surface area contributed by atoms with E-state index < -0.39 is 50.4 Å². The van der Waals surface area contributed by atoms with Gasteiger partial charge < -0.3 is 9.47 Å². The first-order valence-corrected chi connectivity index (χ1v) is 11.6. The maximum absolute atomic E-state index is 14.9. The van der Waals surface area contributed by atoms with E-state index in [2.05, 4.69) is 0 Å². The first kappa shape index (κ1) is 24.7. The Hall–Kier alpha value is -3.41. The molecule has 12 heteroatoms. The zero-order chi connectivity index (χ0) is 25.5. The van der Waals surface area contributed by atoms with Crippen LogP contribution in [0.1, 0.15) is 12.5 Å². The summed E-state index contributed by atoms with van der Waals surface area (Å²) >= 11 is 0. The molecule has 1 heterocycles. The molecule has 0 bridgehead atoms. The predicted molar refractivity (Wildman–Crippen MR) is 114 cm³/mol. The van der Waals surface area contributed by atoms with Gasteiger partial charge in [-0.25, -0.2) is 21.6 Å². The molecule has 3 aromatic rings. The first-order valence-electron chi connectivity index (χ1n) is 10.1. The van der Waals surface area contributed by atoms with E-state index in [0.717, 1.165) is 47.6 Å². The minimum atomic E-state index is -4.78. The van der Waals surface area contributed by atoms with Gasteiger partial charge in [-0.3, -0.25) is 4.31 Å². The van der Waals surface area contributed by atoms with Crippen LogP contribution >= 0.6 is 0 Å². The zero-order valence-electron chi connectivity index (χ0n) is 17.9. The van der Waals surface area contributed by atoms with Gasteiger partial charge in [-0.2, -0.15) is 13.2 Å². The van der Waals surface area contributed by atoms with E-state index in [1.54, 1.807) is 0 Å². The lowest BCUT2D eigenvalue weighted by Crippen LogP contribution is -2.38. The largest absolute Gasteiger partial charge is 0.486 e. The summed E-state index contributed by atoms with van der Waals surface area (Å²) < 4.78 is 119. The van der Waals surface area contributed by atoms with E-state index >= 15 is 0 Å². The molecule has 1 unspecified atom stereocenters. The lowest BCUT2D eigenvalue weighted by Gasteiger charge is -2.31. The molecular formula is C23H17F6NO4S. The lowest BCUT2D eigenvalue weighted by atomic mass is 10.0. The van der Waals surface area contributed by atoms with Crippen molar-refractivity contribution in [3.05, 3.63) is 71.8 Å². The Morgan fingerprint density at radius 2 is 1.74 bits per heavy atom. The van der Waals surface area contributed by atoms with Crippen LogP contribution in [0.3, 0.4) is 0 Å². The second-order valence-electron chi connectivity index (χ2n) is 7.59. The number of alkyl halides is 4. The summed E-state index contributed by atoms with van der Waals surface area (Å²) in [4.78, 5) is -0.649. The number of hydrogen-bond donors (Lipinski definition) is 0. The summed E-state index contributed by atoms with van der Waals surface area (Å²) in [6, 6.07) is 8.48. The molecule has 35 heavy (non-hydrogen) atoms. The summed E-state index contributed by atoms with van der Waals surface area (Å²) in [5.74, 6) is -2.41. The average Bonchev–Trinajstić information content (AvgIpc) is 2.77. The summed E-state index contributed by atoms with van der Waals surface area (Å²) in [5.41, 5.74) is -1.40. The van der Waals surface area contributed by atoms with Crippen LogP contribution in [0, 0.1) is 11.6 Å². The summed E-state index contributed by atoms with van der Waals surface area (Å²) in [6.45, 7) is 0.510. The molecule has 3 aromatic carbocycles. The third-order valence-corrected chi connectivity index (χ3v) is 6.90. The molecule has 0 amide bonds. The fourth-order valence-electron chi connectivity index (χ4n) is 3.62. The maximum Gasteiger partial charge on any atom is 0.416 e. The Morgan fingerprint density at radius 3 is 2.43 bits per heavy atom. The number of rotatable bonds is 5. The number of halogens is 6. The van der Waals surface area contributed by atoms with Crippen LogP contribution in [0.2, 0.25) is 0 Å². The minimum Gasteiger partial charge on any atom is -0.486 e. The van der Waals surface area contributed by atoms with Gasteiger partial charge in [-0.1, -0.05) is 6.07 Å². The predicted octanol–water partition coefficient (Wildman–Crippen LogP) is 5.93. The number of sulfonamides is 1. The van der Waals surface area contributed by atoms with Gasteiger partial charge >= 0.3 is 6.18 Å². The molecule has 186 valence electrons. The second kappa shape index (κ2) is 8.99. The third kappa shape index (κ3) is 5.02. The van der Waals surface area contributed by atoms with Gasteiger partial charge in [0.2, 0.25) is 6.36 Å². The van der Waals surface area contributed by atoms with E-state index in [1.807, 2.05) is 0 Å².